The van der Waals surface area contributed by atoms with E-state index in [0.717, 1.165) is 11.1 Å². The first-order chi connectivity index (χ1) is 16.3. The van der Waals surface area contributed by atoms with E-state index in [4.69, 9.17) is 4.74 Å². The molecule has 1 unspecified atom stereocenters. The van der Waals surface area contributed by atoms with Crippen LogP contribution in [-0.2, 0) is 31.0 Å². The molecular formula is C29H36O4S2. The van der Waals surface area contributed by atoms with Gasteiger partial charge in [0, 0.05) is 17.6 Å². The van der Waals surface area contributed by atoms with Crippen LogP contribution in [0.1, 0.15) is 75.6 Å². The van der Waals surface area contributed by atoms with Crippen molar-refractivity contribution in [1.29, 1.82) is 0 Å². The lowest BCUT2D eigenvalue weighted by Gasteiger charge is -2.29. The van der Waals surface area contributed by atoms with Crippen LogP contribution in [0.4, 0.5) is 0 Å². The van der Waals surface area contributed by atoms with Gasteiger partial charge in [0.1, 0.15) is 0 Å². The Hall–Kier alpha value is -2.28. The van der Waals surface area contributed by atoms with Crippen LogP contribution in [0.3, 0.4) is 0 Å². The summed E-state index contributed by atoms with van der Waals surface area (Å²) in [6.07, 6.45) is 0. The highest BCUT2D eigenvalue weighted by Crippen LogP contribution is 2.42. The molecule has 0 fully saturated rings. The fourth-order valence-electron chi connectivity index (χ4n) is 4.21. The van der Waals surface area contributed by atoms with E-state index in [0.29, 0.717) is 20.9 Å². The molecule has 1 atom stereocenters. The average Bonchev–Trinajstić information content (AvgIpc) is 2.82. The number of rotatable bonds is 8. The summed E-state index contributed by atoms with van der Waals surface area (Å²) in [5, 5.41) is 0. The zero-order valence-corrected chi connectivity index (χ0v) is 23.5. The number of hydrogen-bond donors (Lipinski definition) is 0. The SMILES string of the molecule is COC(C)(C)c1cccc(C(C)C)c1S(=O)(=O)c1c(C(C)C)cccc1S(=O)c1ccc(C)cc1. The summed E-state index contributed by atoms with van der Waals surface area (Å²) in [7, 11) is -4.17. The van der Waals surface area contributed by atoms with E-state index in [1.807, 2.05) is 84.9 Å². The predicted octanol–water partition coefficient (Wildman–Crippen LogP) is 7.12. The molecule has 3 aromatic rings. The molecule has 3 rings (SSSR count). The second kappa shape index (κ2) is 10.4. The fraction of sp³-hybridized carbons (Fsp3) is 0.379. The number of methoxy groups -OCH3 is 1. The Kier molecular flexibility index (Phi) is 8.09. The molecule has 4 nitrogen and oxygen atoms in total. The molecule has 0 saturated heterocycles. The first-order valence-electron chi connectivity index (χ1n) is 11.9. The molecule has 0 aliphatic carbocycles. The van der Waals surface area contributed by atoms with Crippen LogP contribution in [-0.4, -0.2) is 19.7 Å². The van der Waals surface area contributed by atoms with Crippen molar-refractivity contribution in [3.63, 3.8) is 0 Å². The van der Waals surface area contributed by atoms with Gasteiger partial charge in [0.2, 0.25) is 9.84 Å². The van der Waals surface area contributed by atoms with Crippen LogP contribution in [0.15, 0.2) is 80.2 Å². The Morgan fingerprint density at radius 3 is 1.83 bits per heavy atom. The van der Waals surface area contributed by atoms with Gasteiger partial charge in [-0.2, -0.15) is 0 Å². The Balaban J connectivity index is 2.43. The highest BCUT2D eigenvalue weighted by molar-refractivity contribution is 7.93. The molecular weight excluding hydrogens is 476 g/mol. The van der Waals surface area contributed by atoms with E-state index in [1.54, 1.807) is 31.4 Å². The van der Waals surface area contributed by atoms with Gasteiger partial charge in [-0.1, -0.05) is 75.7 Å². The van der Waals surface area contributed by atoms with E-state index in [-0.39, 0.29) is 21.6 Å². The van der Waals surface area contributed by atoms with Gasteiger partial charge >= 0.3 is 0 Å². The molecule has 0 amide bonds. The molecule has 0 aliphatic rings. The van der Waals surface area contributed by atoms with Crippen molar-refractivity contribution in [2.75, 3.05) is 7.11 Å². The van der Waals surface area contributed by atoms with Gasteiger partial charge in [-0.25, -0.2) is 12.6 Å². The van der Waals surface area contributed by atoms with Gasteiger partial charge in [0.15, 0.2) is 0 Å². The maximum absolute atomic E-state index is 14.7. The normalized spacial score (nSPS) is 13.4. The third kappa shape index (κ3) is 5.30. The molecule has 0 aromatic heterocycles. The second-order valence-corrected chi connectivity index (χ2v) is 13.3. The molecule has 3 aromatic carbocycles. The molecule has 0 spiro atoms. The third-order valence-corrected chi connectivity index (χ3v) is 9.99. The summed E-state index contributed by atoms with van der Waals surface area (Å²) in [6, 6.07) is 18.2. The van der Waals surface area contributed by atoms with E-state index >= 15 is 0 Å². The van der Waals surface area contributed by atoms with Crippen molar-refractivity contribution in [1.82, 2.24) is 0 Å². The van der Waals surface area contributed by atoms with Crippen LogP contribution in [0.2, 0.25) is 0 Å². The van der Waals surface area contributed by atoms with Gasteiger partial charge in [-0.05, 0) is 61.9 Å². The van der Waals surface area contributed by atoms with Crippen LogP contribution in [0.5, 0.6) is 0 Å². The third-order valence-electron chi connectivity index (χ3n) is 6.43. The summed E-state index contributed by atoms with van der Waals surface area (Å²) in [5.41, 5.74) is 2.18. The van der Waals surface area contributed by atoms with Crippen LogP contribution < -0.4 is 0 Å². The van der Waals surface area contributed by atoms with Crippen molar-refractivity contribution in [2.45, 2.75) is 85.5 Å². The quantitative estimate of drug-likeness (QED) is 0.322. The van der Waals surface area contributed by atoms with Gasteiger partial charge in [-0.15, -0.1) is 0 Å². The monoisotopic (exact) mass is 512 g/mol. The molecule has 0 N–H and O–H groups in total. The molecule has 188 valence electrons. The van der Waals surface area contributed by atoms with Crippen molar-refractivity contribution in [3.05, 3.63) is 82.9 Å². The van der Waals surface area contributed by atoms with Crippen molar-refractivity contribution in [3.8, 4) is 0 Å². The summed E-state index contributed by atoms with van der Waals surface area (Å²) in [5.74, 6) is -0.121. The van der Waals surface area contributed by atoms with E-state index in [9.17, 15) is 12.6 Å². The summed E-state index contributed by atoms with van der Waals surface area (Å²) in [6.45, 7) is 13.6. The molecule has 0 bridgehead atoms. The zero-order valence-electron chi connectivity index (χ0n) is 21.9. The number of ether oxygens (including phenoxy) is 1. The largest absolute Gasteiger partial charge is 0.374 e. The summed E-state index contributed by atoms with van der Waals surface area (Å²) < 4.78 is 48.9. The average molecular weight is 513 g/mol. The molecule has 0 saturated carbocycles. The summed E-state index contributed by atoms with van der Waals surface area (Å²) >= 11 is 0. The van der Waals surface area contributed by atoms with Crippen molar-refractivity contribution in [2.24, 2.45) is 0 Å². The lowest BCUT2D eigenvalue weighted by molar-refractivity contribution is 0.0167. The van der Waals surface area contributed by atoms with Crippen molar-refractivity contribution < 1.29 is 17.4 Å². The number of hydrogen-bond acceptors (Lipinski definition) is 4. The molecule has 0 heterocycles. The number of sulfone groups is 1. The molecule has 6 heteroatoms. The predicted molar refractivity (Wildman–Crippen MR) is 142 cm³/mol. The van der Waals surface area contributed by atoms with Gasteiger partial charge in [0.05, 0.1) is 31.1 Å². The number of aryl methyl sites for hydroxylation is 1. The standard InChI is InChI=1S/C29H36O4S2/c1-19(2)23-11-9-13-25(29(6,7)33-8)27(23)35(31,32)28-24(20(3)4)12-10-14-26(28)34(30)22-17-15-21(5)16-18-22/h9-20H,1-8H3. The highest BCUT2D eigenvalue weighted by Gasteiger charge is 2.36. The lowest BCUT2D eigenvalue weighted by Crippen LogP contribution is -2.25. The Morgan fingerprint density at radius 1 is 0.800 bits per heavy atom. The fourth-order valence-corrected chi connectivity index (χ4v) is 8.26. The van der Waals surface area contributed by atoms with Gasteiger partial charge in [-0.3, -0.25) is 0 Å². The Morgan fingerprint density at radius 2 is 1.31 bits per heavy atom. The van der Waals surface area contributed by atoms with E-state index in [2.05, 4.69) is 0 Å². The Labute approximate surface area is 213 Å². The zero-order chi connectivity index (χ0) is 26.1. The minimum atomic E-state index is -4.08. The first-order valence-corrected chi connectivity index (χ1v) is 14.5. The topological polar surface area (TPSA) is 60.4 Å². The molecule has 35 heavy (non-hydrogen) atoms. The van der Waals surface area contributed by atoms with Crippen LogP contribution in [0, 0.1) is 6.92 Å². The van der Waals surface area contributed by atoms with Gasteiger partial charge < -0.3 is 4.74 Å². The molecule has 0 radical (unpaired) electrons. The number of benzene rings is 3. The second-order valence-electron chi connectivity index (χ2n) is 10.0. The van der Waals surface area contributed by atoms with E-state index in [1.165, 1.54) is 0 Å². The Bertz CT molecular complexity index is 1340. The molecule has 0 aliphatic heterocycles. The van der Waals surface area contributed by atoms with Crippen LogP contribution >= 0.6 is 0 Å². The van der Waals surface area contributed by atoms with Crippen LogP contribution in [0.25, 0.3) is 0 Å². The minimum Gasteiger partial charge on any atom is -0.374 e. The first kappa shape index (κ1) is 27.3. The highest BCUT2D eigenvalue weighted by atomic mass is 32.2. The minimum absolute atomic E-state index is 0.0374. The lowest BCUT2D eigenvalue weighted by atomic mass is 9.92. The smallest absolute Gasteiger partial charge is 0.208 e. The maximum Gasteiger partial charge on any atom is 0.208 e. The summed E-state index contributed by atoms with van der Waals surface area (Å²) in [4.78, 5) is 1.26. The van der Waals surface area contributed by atoms with Crippen molar-refractivity contribution >= 4 is 20.6 Å². The maximum atomic E-state index is 14.7. The van der Waals surface area contributed by atoms with Gasteiger partial charge in [0.25, 0.3) is 0 Å². The van der Waals surface area contributed by atoms with E-state index < -0.39 is 26.2 Å².